The lowest BCUT2D eigenvalue weighted by Crippen LogP contribution is -2.20. The van der Waals surface area contributed by atoms with Crippen LogP contribution in [0.2, 0.25) is 0 Å². The molecule has 0 saturated carbocycles. The summed E-state index contributed by atoms with van der Waals surface area (Å²) in [6.07, 6.45) is 2.66. The molecule has 1 N–H and O–H groups in total. The van der Waals surface area contributed by atoms with Crippen molar-refractivity contribution < 1.29 is 4.79 Å². The van der Waals surface area contributed by atoms with E-state index in [-0.39, 0.29) is 5.91 Å². The van der Waals surface area contributed by atoms with Crippen LogP contribution in [0.3, 0.4) is 0 Å². The highest BCUT2D eigenvalue weighted by Gasteiger charge is 2.19. The fourth-order valence-electron chi connectivity index (χ4n) is 2.13. The number of anilines is 1. The highest BCUT2D eigenvalue weighted by atomic mass is 16.1. The molecule has 1 unspecified atom stereocenters. The minimum absolute atomic E-state index is 0.142. The lowest BCUT2D eigenvalue weighted by atomic mass is 9.89. The summed E-state index contributed by atoms with van der Waals surface area (Å²) in [5, 5.41) is 2.94. The Bertz CT molecular complexity index is 384. The zero-order chi connectivity index (χ0) is 10.8. The van der Waals surface area contributed by atoms with Crippen molar-refractivity contribution in [3.8, 4) is 0 Å². The van der Waals surface area contributed by atoms with Gasteiger partial charge in [0.15, 0.2) is 0 Å². The van der Waals surface area contributed by atoms with Gasteiger partial charge in [-0.2, -0.15) is 0 Å². The van der Waals surface area contributed by atoms with Crippen molar-refractivity contribution in [3.63, 3.8) is 0 Å². The van der Waals surface area contributed by atoms with Gasteiger partial charge in [0, 0.05) is 12.1 Å². The monoisotopic (exact) mass is 203 g/mol. The molecule has 2 nitrogen and oxygen atoms in total. The second kappa shape index (κ2) is 4.05. The molecule has 80 valence electrons. The molecule has 1 aliphatic rings. The number of nitrogens with one attached hydrogen (secondary N) is 1. The van der Waals surface area contributed by atoms with Gasteiger partial charge in [-0.1, -0.05) is 26.0 Å². The molecule has 1 aromatic rings. The minimum Gasteiger partial charge on any atom is -0.326 e. The zero-order valence-corrected chi connectivity index (χ0v) is 9.34. The molecule has 0 radical (unpaired) electrons. The first-order valence-corrected chi connectivity index (χ1v) is 5.64. The number of carbonyl (C=O) groups excluding carboxylic acids is 1. The number of hydrogen-bond acceptors (Lipinski definition) is 1. The Morgan fingerprint density at radius 1 is 1.40 bits per heavy atom. The van der Waals surface area contributed by atoms with Crippen LogP contribution in [0.5, 0.6) is 0 Å². The summed E-state index contributed by atoms with van der Waals surface area (Å²) in [7, 11) is 0. The Morgan fingerprint density at radius 2 is 2.20 bits per heavy atom. The lowest BCUT2D eigenvalue weighted by Gasteiger charge is -2.22. The van der Waals surface area contributed by atoms with Crippen molar-refractivity contribution in [2.45, 2.75) is 39.0 Å². The van der Waals surface area contributed by atoms with Gasteiger partial charge >= 0.3 is 0 Å². The minimum atomic E-state index is 0.142. The largest absolute Gasteiger partial charge is 0.326 e. The molecule has 2 heteroatoms. The van der Waals surface area contributed by atoms with Crippen LogP contribution in [-0.2, 0) is 11.2 Å². The number of fused-ring (bicyclic) bond motifs is 1. The van der Waals surface area contributed by atoms with Gasteiger partial charge < -0.3 is 5.32 Å². The van der Waals surface area contributed by atoms with Gasteiger partial charge in [-0.15, -0.1) is 0 Å². The molecule has 0 aromatic heterocycles. The fourth-order valence-corrected chi connectivity index (χ4v) is 2.13. The molecule has 0 spiro atoms. The normalized spacial score (nSPS) is 16.8. The summed E-state index contributed by atoms with van der Waals surface area (Å²) >= 11 is 0. The van der Waals surface area contributed by atoms with Crippen molar-refractivity contribution in [2.24, 2.45) is 0 Å². The number of amides is 1. The van der Waals surface area contributed by atoms with Crippen molar-refractivity contribution in [2.75, 3.05) is 5.32 Å². The molecule has 2 rings (SSSR count). The highest BCUT2D eigenvalue weighted by molar-refractivity contribution is 5.94. The third-order valence-electron chi connectivity index (χ3n) is 3.23. The summed E-state index contributed by atoms with van der Waals surface area (Å²) in [6, 6.07) is 6.22. The van der Waals surface area contributed by atoms with Crippen molar-refractivity contribution in [3.05, 3.63) is 29.3 Å². The maximum Gasteiger partial charge on any atom is 0.224 e. The molecule has 1 atom stereocenters. The summed E-state index contributed by atoms with van der Waals surface area (Å²) in [5.41, 5.74) is 3.76. The van der Waals surface area contributed by atoms with Gasteiger partial charge in [0.05, 0.1) is 0 Å². The van der Waals surface area contributed by atoms with E-state index in [9.17, 15) is 4.79 Å². The third-order valence-corrected chi connectivity index (χ3v) is 3.23. The highest BCUT2D eigenvalue weighted by Crippen LogP contribution is 2.31. The van der Waals surface area contributed by atoms with E-state index in [4.69, 9.17) is 0 Å². The second-order valence-corrected chi connectivity index (χ2v) is 4.23. The number of hydrogen-bond donors (Lipinski definition) is 1. The van der Waals surface area contributed by atoms with Gasteiger partial charge in [-0.3, -0.25) is 4.79 Å². The average molecular weight is 203 g/mol. The van der Waals surface area contributed by atoms with Crippen LogP contribution in [0.15, 0.2) is 18.2 Å². The molecular weight excluding hydrogens is 186 g/mol. The maximum absolute atomic E-state index is 11.3. The second-order valence-electron chi connectivity index (χ2n) is 4.23. The molecule has 0 fully saturated rings. The molecular formula is C13H17NO. The Kier molecular flexibility index (Phi) is 2.76. The predicted octanol–water partition coefficient (Wildman–Crippen LogP) is 3.08. The standard InChI is InChI=1S/C13H17NO/c1-3-9(2)10-5-4-6-12-11(10)7-8-13(15)14-12/h4-6,9H,3,7-8H2,1-2H3,(H,14,15). The van der Waals surface area contributed by atoms with E-state index in [1.165, 1.54) is 11.1 Å². The quantitative estimate of drug-likeness (QED) is 0.786. The Hall–Kier alpha value is -1.31. The van der Waals surface area contributed by atoms with Crippen LogP contribution in [0.25, 0.3) is 0 Å². The van der Waals surface area contributed by atoms with E-state index in [1.54, 1.807) is 0 Å². The number of carbonyl (C=O) groups is 1. The van der Waals surface area contributed by atoms with Crippen LogP contribution in [0, 0.1) is 0 Å². The first kappa shape index (κ1) is 10.2. The SMILES string of the molecule is CCC(C)c1cccc2c1CCC(=O)N2. The van der Waals surface area contributed by atoms with Gasteiger partial charge in [0.2, 0.25) is 5.91 Å². The van der Waals surface area contributed by atoms with Crippen LogP contribution in [0.1, 0.15) is 43.7 Å². The van der Waals surface area contributed by atoms with E-state index < -0.39 is 0 Å². The summed E-state index contributed by atoms with van der Waals surface area (Å²) < 4.78 is 0. The molecule has 1 aliphatic heterocycles. The van der Waals surface area contributed by atoms with Crippen LogP contribution in [0.4, 0.5) is 5.69 Å². The molecule has 1 aromatic carbocycles. The Labute approximate surface area is 90.7 Å². The average Bonchev–Trinajstić information content (AvgIpc) is 2.26. The predicted molar refractivity (Wildman–Crippen MR) is 62.1 cm³/mol. The summed E-state index contributed by atoms with van der Waals surface area (Å²) in [4.78, 5) is 11.3. The van der Waals surface area contributed by atoms with Gasteiger partial charge in [0.25, 0.3) is 0 Å². The van der Waals surface area contributed by atoms with E-state index >= 15 is 0 Å². The van der Waals surface area contributed by atoms with Crippen molar-refractivity contribution >= 4 is 11.6 Å². The van der Waals surface area contributed by atoms with Crippen LogP contribution < -0.4 is 5.32 Å². The topological polar surface area (TPSA) is 29.1 Å². The van der Waals surface area contributed by atoms with E-state index in [0.717, 1.165) is 18.5 Å². The molecule has 1 heterocycles. The molecule has 0 bridgehead atoms. The fraction of sp³-hybridized carbons (Fsp3) is 0.462. The van der Waals surface area contributed by atoms with Crippen molar-refractivity contribution in [1.82, 2.24) is 0 Å². The summed E-state index contributed by atoms with van der Waals surface area (Å²) in [5.74, 6) is 0.721. The molecule has 15 heavy (non-hydrogen) atoms. The van der Waals surface area contributed by atoms with Gasteiger partial charge in [-0.25, -0.2) is 0 Å². The number of benzene rings is 1. The molecule has 0 aliphatic carbocycles. The summed E-state index contributed by atoms with van der Waals surface area (Å²) in [6.45, 7) is 4.44. The number of rotatable bonds is 2. The maximum atomic E-state index is 11.3. The smallest absolute Gasteiger partial charge is 0.224 e. The zero-order valence-electron chi connectivity index (χ0n) is 9.34. The van der Waals surface area contributed by atoms with E-state index in [0.29, 0.717) is 12.3 Å². The van der Waals surface area contributed by atoms with Crippen LogP contribution >= 0.6 is 0 Å². The first-order chi connectivity index (χ1) is 7.22. The molecule has 1 amide bonds. The van der Waals surface area contributed by atoms with Crippen LogP contribution in [-0.4, -0.2) is 5.91 Å². The van der Waals surface area contributed by atoms with Gasteiger partial charge in [-0.05, 0) is 36.0 Å². The van der Waals surface area contributed by atoms with Gasteiger partial charge in [0.1, 0.15) is 0 Å². The van der Waals surface area contributed by atoms with Crippen molar-refractivity contribution in [1.29, 1.82) is 0 Å². The van der Waals surface area contributed by atoms with E-state index in [2.05, 4.69) is 25.2 Å². The van der Waals surface area contributed by atoms with E-state index in [1.807, 2.05) is 12.1 Å². The Balaban J connectivity index is 2.41. The molecule has 0 saturated heterocycles. The lowest BCUT2D eigenvalue weighted by molar-refractivity contribution is -0.116. The Morgan fingerprint density at radius 3 is 2.93 bits per heavy atom. The first-order valence-electron chi connectivity index (χ1n) is 5.64. The third kappa shape index (κ3) is 1.89.